The van der Waals surface area contributed by atoms with Crippen LogP contribution in [0.4, 0.5) is 0 Å². The van der Waals surface area contributed by atoms with E-state index in [1.165, 1.54) is 7.11 Å². The highest BCUT2D eigenvalue weighted by atomic mass is 79.9. The molecule has 1 aliphatic heterocycles. The molecule has 2 aromatic rings. The highest BCUT2D eigenvalue weighted by Crippen LogP contribution is 2.49. The van der Waals surface area contributed by atoms with E-state index in [9.17, 15) is 14.7 Å². The first-order chi connectivity index (χ1) is 18.2. The molecule has 38 heavy (non-hydrogen) atoms. The minimum atomic E-state index is -0.775. The molecule has 0 amide bonds. The van der Waals surface area contributed by atoms with Crippen molar-refractivity contribution >= 4 is 33.4 Å². The molecule has 9 heteroatoms. The number of carbonyl (C=O) groups excluding carboxylic acids is 2. The van der Waals surface area contributed by atoms with Crippen molar-refractivity contribution in [3.05, 3.63) is 57.2 Å². The first-order valence-electron chi connectivity index (χ1n) is 12.5. The summed E-state index contributed by atoms with van der Waals surface area (Å²) in [6.45, 7) is 4.00. The minimum absolute atomic E-state index is 0.0553. The Morgan fingerprint density at radius 2 is 1.71 bits per heavy atom. The third-order valence-electron chi connectivity index (χ3n) is 7.10. The molecule has 1 unspecified atom stereocenters. The summed E-state index contributed by atoms with van der Waals surface area (Å²) in [6.07, 6.45) is 1.46. The molecule has 0 radical (unpaired) electrons. The number of carbonyl (C=O) groups is 2. The lowest BCUT2D eigenvalue weighted by Crippen LogP contribution is -2.38. The van der Waals surface area contributed by atoms with Gasteiger partial charge in [0.15, 0.2) is 28.8 Å². The molecule has 2 aromatic carbocycles. The number of methoxy groups -OCH3 is 3. The van der Waals surface area contributed by atoms with E-state index in [-0.39, 0.29) is 36.2 Å². The average Bonchev–Trinajstić information content (AvgIpc) is 2.91. The third-order valence-corrected chi connectivity index (χ3v) is 7.70. The maximum absolute atomic E-state index is 13.8. The highest BCUT2D eigenvalue weighted by molar-refractivity contribution is 9.10. The van der Waals surface area contributed by atoms with Crippen LogP contribution >= 0.6 is 15.9 Å². The molecule has 1 heterocycles. The fourth-order valence-corrected chi connectivity index (χ4v) is 5.75. The summed E-state index contributed by atoms with van der Waals surface area (Å²) >= 11 is 3.39. The monoisotopic (exact) mass is 585 g/mol. The van der Waals surface area contributed by atoms with E-state index in [1.54, 1.807) is 33.3 Å². The van der Waals surface area contributed by atoms with Crippen LogP contribution in [0.25, 0.3) is 0 Å². The molecular weight excluding hydrogens is 554 g/mol. The lowest BCUT2D eigenvalue weighted by molar-refractivity contribution is -0.146. The zero-order valence-electron chi connectivity index (χ0n) is 22.2. The number of benzene rings is 2. The van der Waals surface area contributed by atoms with Gasteiger partial charge in [-0.3, -0.25) is 14.6 Å². The van der Waals surface area contributed by atoms with Crippen molar-refractivity contribution in [1.82, 2.24) is 0 Å². The molecular formula is C29H32BrNO7. The third kappa shape index (κ3) is 5.16. The molecule has 3 atom stereocenters. The van der Waals surface area contributed by atoms with Crippen molar-refractivity contribution in [2.24, 2.45) is 10.9 Å². The van der Waals surface area contributed by atoms with Crippen molar-refractivity contribution in [1.29, 1.82) is 0 Å². The van der Waals surface area contributed by atoms with E-state index in [2.05, 4.69) is 15.9 Å². The lowest BCUT2D eigenvalue weighted by atomic mass is 9.69. The van der Waals surface area contributed by atoms with Gasteiger partial charge in [-0.2, -0.15) is 0 Å². The topological polar surface area (TPSA) is 104 Å². The van der Waals surface area contributed by atoms with Gasteiger partial charge in [0.05, 0.1) is 32.4 Å². The smallest absolute Gasteiger partial charge is 0.315 e. The maximum Gasteiger partial charge on any atom is 0.315 e. The van der Waals surface area contributed by atoms with Crippen molar-refractivity contribution in [2.45, 2.75) is 44.9 Å². The standard InChI is InChI=1S/C29H32BrNO7/c1-6-9-38-29(34)25-15(2)31-20-11-17(16-7-8-22(35-3)23(13-16)36-4)12-21(32)27(20)26(25)18-10-19(30)28(33)24(14-18)37-5/h7-8,10,13-14,17,25-26,33H,6,9,11-12H2,1-5H3/t17-,25?,26+/m0/s1. The van der Waals surface area contributed by atoms with Gasteiger partial charge in [0, 0.05) is 29.3 Å². The quantitative estimate of drug-likeness (QED) is 0.396. The summed E-state index contributed by atoms with van der Waals surface area (Å²) < 4.78 is 22.2. The predicted molar refractivity (Wildman–Crippen MR) is 147 cm³/mol. The Bertz CT molecular complexity index is 1320. The summed E-state index contributed by atoms with van der Waals surface area (Å²) in [4.78, 5) is 31.9. The molecule has 0 saturated carbocycles. The Morgan fingerprint density at radius 3 is 2.37 bits per heavy atom. The first-order valence-corrected chi connectivity index (χ1v) is 13.3. The van der Waals surface area contributed by atoms with E-state index in [4.69, 9.17) is 23.9 Å². The molecule has 0 aromatic heterocycles. The number of aromatic hydroxyl groups is 1. The van der Waals surface area contributed by atoms with E-state index in [1.807, 2.05) is 25.1 Å². The van der Waals surface area contributed by atoms with Gasteiger partial charge in [0.1, 0.15) is 5.92 Å². The number of halogens is 1. The van der Waals surface area contributed by atoms with Gasteiger partial charge in [0.25, 0.3) is 0 Å². The molecule has 202 valence electrons. The van der Waals surface area contributed by atoms with E-state index in [0.717, 1.165) is 5.56 Å². The second kappa shape index (κ2) is 11.6. The van der Waals surface area contributed by atoms with Crippen LogP contribution in [0.2, 0.25) is 0 Å². The first kappa shape index (κ1) is 27.7. The summed E-state index contributed by atoms with van der Waals surface area (Å²) in [7, 11) is 4.61. The Balaban J connectivity index is 1.82. The Kier molecular flexibility index (Phi) is 8.45. The van der Waals surface area contributed by atoms with Gasteiger partial charge in [-0.05, 0) is 77.0 Å². The minimum Gasteiger partial charge on any atom is -0.503 e. The second-order valence-corrected chi connectivity index (χ2v) is 10.3. The highest BCUT2D eigenvalue weighted by Gasteiger charge is 2.45. The molecule has 0 fully saturated rings. The van der Waals surface area contributed by atoms with Gasteiger partial charge in [-0.1, -0.05) is 13.0 Å². The average molecular weight is 586 g/mol. The SMILES string of the molecule is CCCOC(=O)C1C(C)=NC2=C(C(=O)C[C@@H](c3ccc(OC)c(OC)c3)C2)[C@@H]1c1cc(Br)c(O)c(OC)c1. The lowest BCUT2D eigenvalue weighted by Gasteiger charge is -2.36. The van der Waals surface area contributed by atoms with Gasteiger partial charge >= 0.3 is 5.97 Å². The van der Waals surface area contributed by atoms with Crippen LogP contribution in [0, 0.1) is 5.92 Å². The van der Waals surface area contributed by atoms with Gasteiger partial charge < -0.3 is 24.1 Å². The van der Waals surface area contributed by atoms with Crippen LogP contribution in [0.5, 0.6) is 23.0 Å². The van der Waals surface area contributed by atoms with Crippen molar-refractivity contribution < 1.29 is 33.6 Å². The fourth-order valence-electron chi connectivity index (χ4n) is 5.29. The number of phenolic OH excluding ortho intramolecular Hbond substituents is 1. The Labute approximate surface area is 230 Å². The number of ketones is 1. The molecule has 4 rings (SSSR count). The second-order valence-electron chi connectivity index (χ2n) is 9.43. The number of Topliss-reactive ketones (excluding diaryl/α,β-unsaturated/α-hetero) is 1. The molecule has 0 saturated heterocycles. The summed E-state index contributed by atoms with van der Waals surface area (Å²) in [6, 6.07) is 9.06. The van der Waals surface area contributed by atoms with Crippen LogP contribution in [-0.4, -0.2) is 50.5 Å². The van der Waals surface area contributed by atoms with Gasteiger partial charge in [-0.25, -0.2) is 0 Å². The number of hydrogen-bond acceptors (Lipinski definition) is 8. The summed E-state index contributed by atoms with van der Waals surface area (Å²) in [5.41, 5.74) is 3.35. The molecule has 0 spiro atoms. The zero-order valence-corrected chi connectivity index (χ0v) is 23.8. The van der Waals surface area contributed by atoms with Crippen LogP contribution in [0.15, 0.2) is 51.1 Å². The number of phenols is 1. The van der Waals surface area contributed by atoms with Gasteiger partial charge in [-0.15, -0.1) is 0 Å². The van der Waals surface area contributed by atoms with E-state index in [0.29, 0.717) is 51.4 Å². The summed E-state index contributed by atoms with van der Waals surface area (Å²) in [5.74, 6) is -0.624. The Morgan fingerprint density at radius 1 is 1.03 bits per heavy atom. The largest absolute Gasteiger partial charge is 0.503 e. The fraction of sp³-hybridized carbons (Fsp3) is 0.414. The van der Waals surface area contributed by atoms with Gasteiger partial charge in [0.2, 0.25) is 0 Å². The van der Waals surface area contributed by atoms with Crippen LogP contribution < -0.4 is 14.2 Å². The molecule has 8 nitrogen and oxygen atoms in total. The number of esters is 1. The zero-order chi connectivity index (χ0) is 27.6. The number of ether oxygens (including phenoxy) is 4. The molecule has 0 bridgehead atoms. The summed E-state index contributed by atoms with van der Waals surface area (Å²) in [5, 5.41) is 10.4. The van der Waals surface area contributed by atoms with E-state index < -0.39 is 17.8 Å². The molecule has 1 aliphatic carbocycles. The van der Waals surface area contributed by atoms with Crippen LogP contribution in [0.1, 0.15) is 56.1 Å². The van der Waals surface area contributed by atoms with Crippen molar-refractivity contribution in [3.8, 4) is 23.0 Å². The molecule has 1 N–H and O–H groups in total. The Hall–Kier alpha value is -3.33. The molecule has 2 aliphatic rings. The predicted octanol–water partition coefficient (Wildman–Crippen LogP) is 5.71. The van der Waals surface area contributed by atoms with Crippen molar-refractivity contribution in [3.63, 3.8) is 0 Å². The number of allylic oxidation sites excluding steroid dienone is 2. The van der Waals surface area contributed by atoms with Crippen LogP contribution in [0.3, 0.4) is 0 Å². The number of rotatable bonds is 8. The van der Waals surface area contributed by atoms with Crippen LogP contribution in [-0.2, 0) is 14.3 Å². The number of nitrogens with zero attached hydrogens (tertiary/aromatic N) is 1. The number of aliphatic imine (C=N–C) groups is 1. The normalized spacial score (nSPS) is 20.9. The van der Waals surface area contributed by atoms with Crippen molar-refractivity contribution in [2.75, 3.05) is 27.9 Å². The maximum atomic E-state index is 13.8. The van der Waals surface area contributed by atoms with E-state index >= 15 is 0 Å². The number of hydrogen-bond donors (Lipinski definition) is 1.